The monoisotopic (exact) mass is 339 g/mol. The predicted molar refractivity (Wildman–Crippen MR) is 78.0 cm³/mol. The molecule has 0 aromatic heterocycles. The smallest absolute Gasteiger partial charge is 0.231 e. The molecule has 20 heavy (non-hydrogen) atoms. The highest BCUT2D eigenvalue weighted by molar-refractivity contribution is 9.10. The van der Waals surface area contributed by atoms with Gasteiger partial charge in [0.2, 0.25) is 6.79 Å². The Morgan fingerprint density at radius 1 is 1.20 bits per heavy atom. The van der Waals surface area contributed by atoms with Crippen LogP contribution in [-0.2, 0) is 11.3 Å². The lowest BCUT2D eigenvalue weighted by Crippen LogP contribution is -2.37. The Balaban J connectivity index is 1.43. The molecule has 0 bridgehead atoms. The molecule has 2 atom stereocenters. The molecule has 1 aromatic rings. The standard InChI is InChI=1S/C15H18BrNO3/c16-11-5-9(6-13-15(11)20-8-19-13)7-17-12-3-4-18-14(12)10-1-2-10/h5-6,10,12,14,17H,1-4,7-8H2. The molecule has 1 aliphatic carbocycles. The molecule has 0 spiro atoms. The first-order valence-corrected chi connectivity index (χ1v) is 8.03. The van der Waals surface area contributed by atoms with Gasteiger partial charge in [0.1, 0.15) is 0 Å². The fourth-order valence-electron chi connectivity index (χ4n) is 3.09. The van der Waals surface area contributed by atoms with Crippen molar-refractivity contribution in [2.24, 2.45) is 5.92 Å². The molecule has 1 saturated carbocycles. The van der Waals surface area contributed by atoms with Gasteiger partial charge in [0.05, 0.1) is 10.6 Å². The van der Waals surface area contributed by atoms with Gasteiger partial charge in [-0.3, -0.25) is 0 Å². The SMILES string of the molecule is Brc1cc(CNC2CCOC2C2CC2)cc2c1OCO2. The maximum absolute atomic E-state index is 5.86. The van der Waals surface area contributed by atoms with Gasteiger partial charge in [0, 0.05) is 19.2 Å². The predicted octanol–water partition coefficient (Wildman–Crippen LogP) is 2.83. The summed E-state index contributed by atoms with van der Waals surface area (Å²) in [7, 11) is 0. The molecule has 5 heteroatoms. The molecule has 2 unspecified atom stereocenters. The van der Waals surface area contributed by atoms with E-state index in [0.29, 0.717) is 18.9 Å². The third-order valence-electron chi connectivity index (χ3n) is 4.28. The van der Waals surface area contributed by atoms with Crippen molar-refractivity contribution in [1.29, 1.82) is 0 Å². The van der Waals surface area contributed by atoms with E-state index in [1.54, 1.807) is 0 Å². The lowest BCUT2D eigenvalue weighted by molar-refractivity contribution is 0.0809. The summed E-state index contributed by atoms with van der Waals surface area (Å²) in [6.45, 7) is 2.04. The van der Waals surface area contributed by atoms with E-state index in [2.05, 4.69) is 33.4 Å². The number of nitrogens with one attached hydrogen (secondary N) is 1. The molecule has 2 aliphatic heterocycles. The molecule has 3 aliphatic rings. The number of hydrogen-bond donors (Lipinski definition) is 1. The molecule has 0 radical (unpaired) electrons. The van der Waals surface area contributed by atoms with Gasteiger partial charge in [-0.15, -0.1) is 0 Å². The molecule has 1 N–H and O–H groups in total. The lowest BCUT2D eigenvalue weighted by Gasteiger charge is -2.19. The average Bonchev–Trinajstić information content (AvgIpc) is 3.00. The Bertz CT molecular complexity index is 518. The van der Waals surface area contributed by atoms with Gasteiger partial charge < -0.3 is 19.5 Å². The molecule has 2 fully saturated rings. The summed E-state index contributed by atoms with van der Waals surface area (Å²) in [5.41, 5.74) is 1.21. The van der Waals surface area contributed by atoms with Crippen LogP contribution in [0.5, 0.6) is 11.5 Å². The molecule has 1 saturated heterocycles. The van der Waals surface area contributed by atoms with Gasteiger partial charge in [-0.1, -0.05) is 0 Å². The Morgan fingerprint density at radius 3 is 2.95 bits per heavy atom. The zero-order valence-corrected chi connectivity index (χ0v) is 12.8. The second-order valence-electron chi connectivity index (χ2n) is 5.76. The highest BCUT2D eigenvalue weighted by Gasteiger charge is 2.40. The van der Waals surface area contributed by atoms with Crippen molar-refractivity contribution >= 4 is 15.9 Å². The number of ether oxygens (including phenoxy) is 3. The van der Waals surface area contributed by atoms with Crippen molar-refractivity contribution in [3.63, 3.8) is 0 Å². The van der Waals surface area contributed by atoms with Gasteiger partial charge >= 0.3 is 0 Å². The second-order valence-corrected chi connectivity index (χ2v) is 6.61. The largest absolute Gasteiger partial charge is 0.454 e. The molecule has 108 valence electrons. The minimum Gasteiger partial charge on any atom is -0.454 e. The van der Waals surface area contributed by atoms with Crippen molar-refractivity contribution in [1.82, 2.24) is 5.32 Å². The van der Waals surface area contributed by atoms with Crippen molar-refractivity contribution in [2.45, 2.75) is 38.0 Å². The van der Waals surface area contributed by atoms with Crippen LogP contribution < -0.4 is 14.8 Å². The van der Waals surface area contributed by atoms with Crippen LogP contribution in [0.2, 0.25) is 0 Å². The summed E-state index contributed by atoms with van der Waals surface area (Å²) in [5, 5.41) is 3.65. The Kier molecular flexibility index (Phi) is 3.36. The second kappa shape index (κ2) is 5.20. The van der Waals surface area contributed by atoms with E-state index in [1.807, 2.05) is 0 Å². The van der Waals surface area contributed by atoms with E-state index in [0.717, 1.165) is 41.5 Å². The minimum atomic E-state index is 0.311. The molecule has 2 heterocycles. The van der Waals surface area contributed by atoms with Crippen molar-refractivity contribution in [3.8, 4) is 11.5 Å². The first kappa shape index (κ1) is 12.9. The van der Waals surface area contributed by atoms with E-state index in [4.69, 9.17) is 14.2 Å². The van der Waals surface area contributed by atoms with Crippen LogP contribution in [-0.4, -0.2) is 25.5 Å². The van der Waals surface area contributed by atoms with Gasteiger partial charge in [-0.05, 0) is 58.8 Å². The van der Waals surface area contributed by atoms with Gasteiger partial charge in [0.25, 0.3) is 0 Å². The van der Waals surface area contributed by atoms with Crippen LogP contribution in [0.25, 0.3) is 0 Å². The maximum atomic E-state index is 5.86. The molecule has 1 aromatic carbocycles. The van der Waals surface area contributed by atoms with Crippen LogP contribution in [0.4, 0.5) is 0 Å². The van der Waals surface area contributed by atoms with Crippen LogP contribution >= 0.6 is 15.9 Å². The highest BCUT2D eigenvalue weighted by Crippen LogP contribution is 2.41. The quantitative estimate of drug-likeness (QED) is 0.915. The Labute approximate surface area is 126 Å². The Hall–Kier alpha value is -0.780. The number of fused-ring (bicyclic) bond motifs is 1. The number of hydrogen-bond acceptors (Lipinski definition) is 4. The molecular weight excluding hydrogens is 322 g/mol. The number of benzene rings is 1. The molecule has 4 rings (SSSR count). The van der Waals surface area contributed by atoms with Crippen molar-refractivity contribution in [2.75, 3.05) is 13.4 Å². The van der Waals surface area contributed by atoms with Crippen LogP contribution in [0.3, 0.4) is 0 Å². The first-order valence-electron chi connectivity index (χ1n) is 7.24. The van der Waals surface area contributed by atoms with E-state index in [1.165, 1.54) is 18.4 Å². The van der Waals surface area contributed by atoms with Gasteiger partial charge in [-0.2, -0.15) is 0 Å². The van der Waals surface area contributed by atoms with Crippen molar-refractivity contribution < 1.29 is 14.2 Å². The van der Waals surface area contributed by atoms with E-state index >= 15 is 0 Å². The van der Waals surface area contributed by atoms with E-state index in [-0.39, 0.29) is 0 Å². The fraction of sp³-hybridized carbons (Fsp3) is 0.600. The van der Waals surface area contributed by atoms with Crippen LogP contribution in [0, 0.1) is 5.92 Å². The maximum Gasteiger partial charge on any atom is 0.231 e. The highest BCUT2D eigenvalue weighted by atomic mass is 79.9. The van der Waals surface area contributed by atoms with E-state index < -0.39 is 0 Å². The normalized spacial score (nSPS) is 28.1. The topological polar surface area (TPSA) is 39.7 Å². The average molecular weight is 340 g/mol. The zero-order chi connectivity index (χ0) is 13.5. The summed E-state index contributed by atoms with van der Waals surface area (Å²) in [6, 6.07) is 4.65. The van der Waals surface area contributed by atoms with Crippen LogP contribution in [0.1, 0.15) is 24.8 Å². The molecule has 0 amide bonds. The van der Waals surface area contributed by atoms with Crippen LogP contribution in [0.15, 0.2) is 16.6 Å². The van der Waals surface area contributed by atoms with Gasteiger partial charge in [-0.25, -0.2) is 0 Å². The lowest BCUT2D eigenvalue weighted by atomic mass is 10.1. The summed E-state index contributed by atoms with van der Waals surface area (Å²) in [4.78, 5) is 0. The third kappa shape index (κ3) is 2.43. The first-order chi connectivity index (χ1) is 9.81. The molecular formula is C15H18BrNO3. The number of halogens is 1. The summed E-state index contributed by atoms with van der Waals surface area (Å²) in [6.07, 6.45) is 4.21. The third-order valence-corrected chi connectivity index (χ3v) is 4.87. The summed E-state index contributed by atoms with van der Waals surface area (Å²) >= 11 is 3.54. The molecule has 4 nitrogen and oxygen atoms in total. The summed E-state index contributed by atoms with van der Waals surface area (Å²) < 4.78 is 17.7. The number of rotatable bonds is 4. The fourth-order valence-corrected chi connectivity index (χ4v) is 3.69. The summed E-state index contributed by atoms with van der Waals surface area (Å²) in [5.74, 6) is 2.44. The zero-order valence-electron chi connectivity index (χ0n) is 11.2. The van der Waals surface area contributed by atoms with Gasteiger partial charge in [0.15, 0.2) is 11.5 Å². The van der Waals surface area contributed by atoms with Crippen molar-refractivity contribution in [3.05, 3.63) is 22.2 Å². The minimum absolute atomic E-state index is 0.311. The Morgan fingerprint density at radius 2 is 2.10 bits per heavy atom. The van der Waals surface area contributed by atoms with E-state index in [9.17, 15) is 0 Å².